The van der Waals surface area contributed by atoms with Crippen molar-refractivity contribution in [3.8, 4) is 11.3 Å². The molecule has 226 valence electrons. The minimum atomic E-state index is -0.418. The number of nitrogens with one attached hydrogen (secondary N) is 2. The van der Waals surface area contributed by atoms with Crippen LogP contribution < -0.4 is 16.4 Å². The molecule has 2 aliphatic rings. The number of likely N-dealkylation sites (N-methyl/N-ethyl adjacent to an activating group) is 1. The highest BCUT2D eigenvalue weighted by Crippen LogP contribution is 2.29. The predicted molar refractivity (Wildman–Crippen MR) is 169 cm³/mol. The molecule has 0 aliphatic carbocycles. The average Bonchev–Trinajstić information content (AvgIpc) is 3.61. The minimum absolute atomic E-state index is 0.137. The van der Waals surface area contributed by atoms with Gasteiger partial charge in [0, 0.05) is 48.5 Å². The van der Waals surface area contributed by atoms with Gasteiger partial charge < -0.3 is 15.9 Å². The number of nitrogens with zero attached hydrogens (tertiary/aromatic N) is 6. The van der Waals surface area contributed by atoms with E-state index in [1.165, 1.54) is 16.2 Å². The third kappa shape index (κ3) is 6.10. The van der Waals surface area contributed by atoms with Gasteiger partial charge in [-0.25, -0.2) is 9.67 Å². The summed E-state index contributed by atoms with van der Waals surface area (Å²) in [4.78, 5) is 40.1. The fourth-order valence-electron chi connectivity index (χ4n) is 5.26. The Morgan fingerprint density at radius 1 is 1.09 bits per heavy atom. The molecule has 13 heteroatoms. The standard InChI is InChI=1S/C31H33N9O3S/c1-3-39-14-12-23-24(18-39)44-31(34-23)35-29(41)22-11-7-8-20(16-22)17-33-30(42)25-27(21-9-5-4-6-10-21)40(38-36-25)26-19(2)13-15-43-37-28(26)32/h4-11,16H,3,12-15,17-18H2,1-2H3,(H2,32,37)(H,33,42)(H,34,35,41). The quantitative estimate of drug-likeness (QED) is 0.271. The van der Waals surface area contributed by atoms with E-state index in [9.17, 15) is 9.59 Å². The number of rotatable bonds is 8. The van der Waals surface area contributed by atoms with Crippen LogP contribution in [0.2, 0.25) is 0 Å². The summed E-state index contributed by atoms with van der Waals surface area (Å²) < 4.78 is 1.55. The maximum Gasteiger partial charge on any atom is 0.274 e. The number of amides is 2. The van der Waals surface area contributed by atoms with E-state index in [2.05, 4.69) is 42.9 Å². The second-order valence-electron chi connectivity index (χ2n) is 10.6. The summed E-state index contributed by atoms with van der Waals surface area (Å²) in [7, 11) is 0. The van der Waals surface area contributed by atoms with E-state index in [1.807, 2.05) is 43.3 Å². The lowest BCUT2D eigenvalue weighted by atomic mass is 10.1. The van der Waals surface area contributed by atoms with Gasteiger partial charge in [0.2, 0.25) is 0 Å². The number of thiazole rings is 1. The fraction of sp³-hybridized carbons (Fsp3) is 0.290. The van der Waals surface area contributed by atoms with Gasteiger partial charge in [-0.3, -0.25) is 19.8 Å². The van der Waals surface area contributed by atoms with E-state index >= 15 is 0 Å². The van der Waals surface area contributed by atoms with Gasteiger partial charge >= 0.3 is 0 Å². The summed E-state index contributed by atoms with van der Waals surface area (Å²) in [5, 5.41) is 19.0. The largest absolute Gasteiger partial charge is 0.394 e. The van der Waals surface area contributed by atoms with Crippen LogP contribution in [0, 0.1) is 0 Å². The molecule has 0 atom stereocenters. The molecule has 2 aromatic carbocycles. The molecular formula is C31H33N9O3S. The Balaban J connectivity index is 1.19. The summed E-state index contributed by atoms with van der Waals surface area (Å²) in [5.41, 5.74) is 11.3. The molecule has 6 rings (SSSR count). The topological polar surface area (TPSA) is 153 Å². The number of aromatic nitrogens is 4. The monoisotopic (exact) mass is 611 g/mol. The molecule has 0 spiro atoms. The summed E-state index contributed by atoms with van der Waals surface area (Å²) in [6, 6.07) is 16.5. The molecule has 44 heavy (non-hydrogen) atoms. The molecule has 4 N–H and O–H groups in total. The number of anilines is 1. The molecule has 0 unspecified atom stereocenters. The van der Waals surface area contributed by atoms with Gasteiger partial charge in [-0.1, -0.05) is 59.8 Å². The number of benzene rings is 2. The Hall–Kier alpha value is -4.88. The van der Waals surface area contributed by atoms with Crippen molar-refractivity contribution in [2.45, 2.75) is 39.8 Å². The molecular weight excluding hydrogens is 578 g/mol. The Labute approximate surface area is 258 Å². The second-order valence-corrected chi connectivity index (χ2v) is 11.7. The van der Waals surface area contributed by atoms with Gasteiger partial charge in [-0.05, 0) is 36.7 Å². The normalized spacial score (nSPS) is 15.2. The SMILES string of the molecule is CCN1CCc2nc(NC(=O)c3cccc(CNC(=O)c4nnn(C5=C(C)CCON=C5N)c4-c4ccccc4)c3)sc2C1. The highest BCUT2D eigenvalue weighted by atomic mass is 32.1. The van der Waals surface area contributed by atoms with Crippen LogP contribution in [0.25, 0.3) is 17.0 Å². The van der Waals surface area contributed by atoms with Gasteiger partial charge in [0.25, 0.3) is 11.8 Å². The highest BCUT2D eigenvalue weighted by Gasteiger charge is 2.26. The fourth-order valence-corrected chi connectivity index (χ4v) is 6.31. The zero-order valence-corrected chi connectivity index (χ0v) is 25.4. The number of amidine groups is 1. The average molecular weight is 612 g/mol. The van der Waals surface area contributed by atoms with E-state index in [0.717, 1.165) is 48.4 Å². The number of hydrogen-bond acceptors (Lipinski definition) is 10. The van der Waals surface area contributed by atoms with Crippen molar-refractivity contribution in [1.29, 1.82) is 0 Å². The van der Waals surface area contributed by atoms with E-state index in [1.54, 1.807) is 22.9 Å². The van der Waals surface area contributed by atoms with Crippen molar-refractivity contribution in [1.82, 2.24) is 30.2 Å². The van der Waals surface area contributed by atoms with Crippen LogP contribution in [0.15, 0.2) is 65.3 Å². The predicted octanol–water partition coefficient (Wildman–Crippen LogP) is 3.89. The lowest BCUT2D eigenvalue weighted by Gasteiger charge is -2.23. The molecule has 12 nitrogen and oxygen atoms in total. The highest BCUT2D eigenvalue weighted by molar-refractivity contribution is 7.15. The Bertz CT molecular complexity index is 1760. The van der Waals surface area contributed by atoms with Crippen LogP contribution in [0.3, 0.4) is 0 Å². The number of carbonyl (C=O) groups is 2. The van der Waals surface area contributed by atoms with Gasteiger partial charge in [-0.15, -0.1) is 16.4 Å². The summed E-state index contributed by atoms with van der Waals surface area (Å²) in [6.07, 6.45) is 1.48. The first-order valence-electron chi connectivity index (χ1n) is 14.5. The van der Waals surface area contributed by atoms with Crippen molar-refractivity contribution < 1.29 is 14.4 Å². The van der Waals surface area contributed by atoms with E-state index in [-0.39, 0.29) is 24.0 Å². The van der Waals surface area contributed by atoms with Crippen molar-refractivity contribution in [2.75, 3.05) is 25.0 Å². The van der Waals surface area contributed by atoms with Crippen LogP contribution in [0.4, 0.5) is 5.13 Å². The Morgan fingerprint density at radius 2 is 1.93 bits per heavy atom. The van der Waals surface area contributed by atoms with Crippen LogP contribution in [-0.2, 0) is 24.3 Å². The second kappa shape index (κ2) is 12.8. The van der Waals surface area contributed by atoms with Crippen molar-refractivity contribution in [2.24, 2.45) is 10.9 Å². The first kappa shape index (κ1) is 29.2. The number of carbonyl (C=O) groups excluding carboxylic acids is 2. The first-order valence-corrected chi connectivity index (χ1v) is 15.3. The minimum Gasteiger partial charge on any atom is -0.394 e. The molecule has 0 radical (unpaired) electrons. The molecule has 2 amide bonds. The maximum absolute atomic E-state index is 13.5. The molecule has 0 fully saturated rings. The summed E-state index contributed by atoms with van der Waals surface area (Å²) >= 11 is 1.52. The van der Waals surface area contributed by atoms with E-state index in [0.29, 0.717) is 35.1 Å². The number of nitrogens with two attached hydrogens (primary N) is 1. The Kier molecular flexibility index (Phi) is 8.48. The van der Waals surface area contributed by atoms with E-state index < -0.39 is 5.91 Å². The number of hydrogen-bond donors (Lipinski definition) is 3. The van der Waals surface area contributed by atoms with Crippen molar-refractivity contribution in [3.05, 3.63) is 87.6 Å². The first-order chi connectivity index (χ1) is 21.4. The Morgan fingerprint density at radius 3 is 2.75 bits per heavy atom. The van der Waals surface area contributed by atoms with Gasteiger partial charge in [0.05, 0.1) is 5.69 Å². The summed E-state index contributed by atoms with van der Waals surface area (Å²) in [5.74, 6) is -0.510. The van der Waals surface area contributed by atoms with Crippen LogP contribution >= 0.6 is 11.3 Å². The molecule has 0 bridgehead atoms. The molecule has 2 aliphatic heterocycles. The summed E-state index contributed by atoms with van der Waals surface area (Å²) in [6.45, 7) is 7.47. The molecule has 4 aromatic rings. The lowest BCUT2D eigenvalue weighted by molar-refractivity contribution is 0.0946. The molecule has 0 saturated heterocycles. The van der Waals surface area contributed by atoms with Gasteiger partial charge in [0.15, 0.2) is 16.7 Å². The van der Waals surface area contributed by atoms with Crippen LogP contribution in [0.1, 0.15) is 57.2 Å². The smallest absolute Gasteiger partial charge is 0.274 e. The third-order valence-electron chi connectivity index (χ3n) is 7.64. The van der Waals surface area contributed by atoms with Crippen LogP contribution in [-0.4, -0.2) is 62.2 Å². The van der Waals surface area contributed by atoms with Crippen molar-refractivity contribution >= 4 is 39.8 Å². The van der Waals surface area contributed by atoms with E-state index in [4.69, 9.17) is 10.6 Å². The molecule has 4 heterocycles. The molecule has 0 saturated carbocycles. The van der Waals surface area contributed by atoms with Crippen molar-refractivity contribution in [3.63, 3.8) is 0 Å². The third-order valence-corrected chi connectivity index (χ3v) is 8.64. The van der Waals surface area contributed by atoms with Gasteiger partial charge in [0.1, 0.15) is 18.0 Å². The zero-order chi connectivity index (χ0) is 30.6. The van der Waals surface area contributed by atoms with Gasteiger partial charge in [-0.2, -0.15) is 0 Å². The maximum atomic E-state index is 13.5. The lowest BCUT2D eigenvalue weighted by Crippen LogP contribution is -2.29. The zero-order valence-electron chi connectivity index (χ0n) is 24.5. The molecule has 2 aromatic heterocycles. The van der Waals surface area contributed by atoms with Crippen LogP contribution in [0.5, 0.6) is 0 Å². The number of oxime groups is 1. The number of fused-ring (bicyclic) bond motifs is 1.